The Kier molecular flexibility index (Phi) is 5.62. The summed E-state index contributed by atoms with van der Waals surface area (Å²) in [4.78, 5) is 20.3. The number of benzene rings is 1. The van der Waals surface area contributed by atoms with Crippen molar-refractivity contribution in [2.75, 3.05) is 19.7 Å². The minimum atomic E-state index is 0.0307. The van der Waals surface area contributed by atoms with Crippen molar-refractivity contribution in [2.24, 2.45) is 5.92 Å². The normalized spacial score (nSPS) is 17.1. The van der Waals surface area contributed by atoms with Gasteiger partial charge in [-0.05, 0) is 48.9 Å². The van der Waals surface area contributed by atoms with E-state index in [0.717, 1.165) is 48.1 Å². The monoisotopic (exact) mass is 392 g/mol. The molecule has 1 amide bonds. The molecule has 1 atom stereocenters. The van der Waals surface area contributed by atoms with Crippen molar-refractivity contribution >= 4 is 16.8 Å². The Bertz CT molecular complexity index is 1030. The SMILES string of the molecule is CCc1ccc2nc(-c3cnn(CCO)c3)cc(C(=O)N3CCC[C@H](C)C3)c2c1. The summed E-state index contributed by atoms with van der Waals surface area (Å²) < 4.78 is 1.69. The summed E-state index contributed by atoms with van der Waals surface area (Å²) in [6.07, 6.45) is 6.75. The zero-order valence-electron chi connectivity index (χ0n) is 17.1. The Balaban J connectivity index is 1.81. The number of aliphatic hydroxyl groups excluding tert-OH is 1. The second-order valence-corrected chi connectivity index (χ2v) is 7.97. The third kappa shape index (κ3) is 4.03. The van der Waals surface area contributed by atoms with Crippen molar-refractivity contribution in [1.29, 1.82) is 0 Å². The molecule has 3 aromatic rings. The van der Waals surface area contributed by atoms with Crippen LogP contribution in [0, 0.1) is 5.92 Å². The summed E-state index contributed by atoms with van der Waals surface area (Å²) in [5, 5.41) is 14.3. The van der Waals surface area contributed by atoms with Gasteiger partial charge in [0.1, 0.15) is 0 Å². The van der Waals surface area contributed by atoms with Crippen molar-refractivity contribution in [3.8, 4) is 11.3 Å². The number of carbonyl (C=O) groups excluding carboxylic acids is 1. The molecule has 1 aromatic carbocycles. The maximum Gasteiger partial charge on any atom is 0.254 e. The summed E-state index contributed by atoms with van der Waals surface area (Å²) in [7, 11) is 0. The largest absolute Gasteiger partial charge is 0.394 e. The molecule has 1 aliphatic heterocycles. The molecule has 29 heavy (non-hydrogen) atoms. The van der Waals surface area contributed by atoms with Crippen molar-refractivity contribution in [3.63, 3.8) is 0 Å². The number of amides is 1. The highest BCUT2D eigenvalue weighted by atomic mass is 16.3. The number of aliphatic hydroxyl groups is 1. The highest BCUT2D eigenvalue weighted by Crippen LogP contribution is 2.28. The fourth-order valence-corrected chi connectivity index (χ4v) is 4.08. The summed E-state index contributed by atoms with van der Waals surface area (Å²) in [5.41, 5.74) is 4.32. The lowest BCUT2D eigenvalue weighted by Crippen LogP contribution is -2.39. The number of fused-ring (bicyclic) bond motifs is 1. The molecular weight excluding hydrogens is 364 g/mol. The van der Waals surface area contributed by atoms with E-state index in [2.05, 4.69) is 31.1 Å². The quantitative estimate of drug-likeness (QED) is 0.721. The Morgan fingerprint density at radius 1 is 1.31 bits per heavy atom. The van der Waals surface area contributed by atoms with Crippen molar-refractivity contribution in [1.82, 2.24) is 19.7 Å². The van der Waals surface area contributed by atoms with Crippen LogP contribution in [0.25, 0.3) is 22.2 Å². The maximum atomic E-state index is 13.5. The van der Waals surface area contributed by atoms with Crippen LogP contribution in [0.5, 0.6) is 0 Å². The van der Waals surface area contributed by atoms with Crippen LogP contribution in [-0.4, -0.2) is 50.4 Å². The number of carbonyl (C=O) groups is 1. The molecule has 0 saturated carbocycles. The number of piperidine rings is 1. The molecule has 6 nitrogen and oxygen atoms in total. The summed E-state index contributed by atoms with van der Waals surface area (Å²) in [6.45, 7) is 6.41. The predicted octanol–water partition coefficient (Wildman–Crippen LogP) is 3.53. The topological polar surface area (TPSA) is 71.2 Å². The van der Waals surface area contributed by atoms with Gasteiger partial charge in [-0.2, -0.15) is 5.10 Å². The van der Waals surface area contributed by atoms with E-state index in [1.807, 2.05) is 23.2 Å². The van der Waals surface area contributed by atoms with Gasteiger partial charge in [-0.25, -0.2) is 4.98 Å². The molecule has 0 spiro atoms. The first-order chi connectivity index (χ1) is 14.1. The minimum Gasteiger partial charge on any atom is -0.394 e. The van der Waals surface area contributed by atoms with Crippen LogP contribution in [0.4, 0.5) is 0 Å². The van der Waals surface area contributed by atoms with Gasteiger partial charge in [-0.1, -0.05) is 19.9 Å². The third-order valence-corrected chi connectivity index (χ3v) is 5.71. The lowest BCUT2D eigenvalue weighted by atomic mass is 9.97. The van der Waals surface area contributed by atoms with Crippen LogP contribution in [0.15, 0.2) is 36.7 Å². The Morgan fingerprint density at radius 2 is 2.17 bits per heavy atom. The second kappa shape index (κ2) is 8.33. The third-order valence-electron chi connectivity index (χ3n) is 5.71. The highest BCUT2D eigenvalue weighted by Gasteiger charge is 2.24. The van der Waals surface area contributed by atoms with Gasteiger partial charge in [0.15, 0.2) is 0 Å². The first-order valence-electron chi connectivity index (χ1n) is 10.5. The molecule has 0 radical (unpaired) electrons. The number of rotatable bonds is 5. The molecule has 3 heterocycles. The first kappa shape index (κ1) is 19.6. The van der Waals surface area contributed by atoms with Gasteiger partial charge in [-0.3, -0.25) is 9.48 Å². The second-order valence-electron chi connectivity index (χ2n) is 7.97. The van der Waals surface area contributed by atoms with Crippen LogP contribution in [-0.2, 0) is 13.0 Å². The minimum absolute atomic E-state index is 0.0307. The van der Waals surface area contributed by atoms with Crippen molar-refractivity contribution < 1.29 is 9.90 Å². The number of pyridine rings is 1. The van der Waals surface area contributed by atoms with E-state index in [0.29, 0.717) is 18.0 Å². The molecule has 2 aromatic heterocycles. The molecule has 4 rings (SSSR count). The maximum absolute atomic E-state index is 13.5. The molecule has 0 aliphatic carbocycles. The van der Waals surface area contributed by atoms with Crippen LogP contribution in [0.2, 0.25) is 0 Å². The van der Waals surface area contributed by atoms with E-state index < -0.39 is 0 Å². The number of likely N-dealkylation sites (tertiary alicyclic amines) is 1. The van der Waals surface area contributed by atoms with E-state index >= 15 is 0 Å². The Morgan fingerprint density at radius 3 is 2.93 bits per heavy atom. The standard InChI is InChI=1S/C23H28N4O2/c1-3-17-6-7-21-19(11-17)20(23(29)26-8-4-5-16(2)14-26)12-22(25-21)18-13-24-27(15-18)9-10-28/h6-7,11-13,15-16,28H,3-5,8-10,14H2,1-2H3/t16-/m0/s1. The number of aryl methyl sites for hydroxylation is 1. The van der Waals surface area contributed by atoms with Gasteiger partial charge >= 0.3 is 0 Å². The Labute approximate surface area is 171 Å². The highest BCUT2D eigenvalue weighted by molar-refractivity contribution is 6.07. The van der Waals surface area contributed by atoms with Crippen LogP contribution < -0.4 is 0 Å². The summed E-state index contributed by atoms with van der Waals surface area (Å²) >= 11 is 0. The van der Waals surface area contributed by atoms with Gasteiger partial charge < -0.3 is 10.0 Å². The predicted molar refractivity (Wildman–Crippen MR) is 114 cm³/mol. The number of hydrogen-bond acceptors (Lipinski definition) is 4. The molecule has 1 saturated heterocycles. The number of aromatic nitrogens is 3. The fraction of sp³-hybridized carbons (Fsp3) is 0.435. The average Bonchev–Trinajstić information content (AvgIpc) is 3.21. The molecule has 6 heteroatoms. The van der Waals surface area contributed by atoms with Gasteiger partial charge in [0, 0.05) is 30.2 Å². The van der Waals surface area contributed by atoms with Gasteiger partial charge in [0.2, 0.25) is 0 Å². The van der Waals surface area contributed by atoms with E-state index in [1.165, 1.54) is 12.0 Å². The van der Waals surface area contributed by atoms with Gasteiger partial charge in [0.05, 0.1) is 36.1 Å². The molecule has 1 aliphatic rings. The molecule has 152 valence electrons. The van der Waals surface area contributed by atoms with Crippen LogP contribution in [0.1, 0.15) is 42.6 Å². The van der Waals surface area contributed by atoms with Gasteiger partial charge in [-0.15, -0.1) is 0 Å². The lowest BCUT2D eigenvalue weighted by Gasteiger charge is -2.31. The van der Waals surface area contributed by atoms with E-state index in [1.54, 1.807) is 10.9 Å². The van der Waals surface area contributed by atoms with Crippen molar-refractivity contribution in [2.45, 2.75) is 39.7 Å². The molecule has 0 unspecified atom stereocenters. The average molecular weight is 393 g/mol. The first-order valence-corrected chi connectivity index (χ1v) is 10.5. The van der Waals surface area contributed by atoms with Crippen molar-refractivity contribution in [3.05, 3.63) is 47.8 Å². The molecular formula is C23H28N4O2. The van der Waals surface area contributed by atoms with Gasteiger partial charge in [0.25, 0.3) is 5.91 Å². The number of nitrogens with zero attached hydrogens (tertiary/aromatic N) is 4. The zero-order valence-corrected chi connectivity index (χ0v) is 17.1. The summed E-state index contributed by atoms with van der Waals surface area (Å²) in [6, 6.07) is 8.09. The van der Waals surface area contributed by atoms with Crippen LogP contribution >= 0.6 is 0 Å². The fourth-order valence-electron chi connectivity index (χ4n) is 4.08. The zero-order chi connectivity index (χ0) is 20.4. The number of hydrogen-bond donors (Lipinski definition) is 1. The molecule has 0 bridgehead atoms. The smallest absolute Gasteiger partial charge is 0.254 e. The van der Waals surface area contributed by atoms with E-state index in [-0.39, 0.29) is 12.5 Å². The molecule has 1 N–H and O–H groups in total. The van der Waals surface area contributed by atoms with E-state index in [9.17, 15) is 4.79 Å². The summed E-state index contributed by atoms with van der Waals surface area (Å²) in [5.74, 6) is 0.615. The molecule has 1 fully saturated rings. The van der Waals surface area contributed by atoms with E-state index in [4.69, 9.17) is 10.1 Å². The lowest BCUT2D eigenvalue weighted by molar-refractivity contribution is 0.0685. The Hall–Kier alpha value is -2.73. The van der Waals surface area contributed by atoms with Crippen LogP contribution in [0.3, 0.4) is 0 Å².